The molecular weight excluding hydrogens is 389 g/mol. The molecule has 156 valence electrons. The molecule has 1 saturated heterocycles. The van der Waals surface area contributed by atoms with Gasteiger partial charge in [-0.15, -0.1) is 10.2 Å². The van der Waals surface area contributed by atoms with E-state index in [4.69, 9.17) is 9.26 Å². The van der Waals surface area contributed by atoms with Crippen molar-refractivity contribution in [1.82, 2.24) is 20.7 Å². The number of benzene rings is 1. The molecule has 3 heterocycles. The molecular formula is C21H22FN5O3. The van der Waals surface area contributed by atoms with Crippen molar-refractivity contribution in [2.75, 3.05) is 18.5 Å². The number of hydrogen-bond donors (Lipinski definition) is 2. The largest absolute Gasteiger partial charge is 0.381 e. The smallest absolute Gasteiger partial charge is 0.272 e. The topological polar surface area (TPSA) is 102 Å². The maximum Gasteiger partial charge on any atom is 0.272 e. The number of aryl methyl sites for hydroxylation is 1. The van der Waals surface area contributed by atoms with Gasteiger partial charge in [0, 0.05) is 36.9 Å². The fraction of sp³-hybridized carbons (Fsp3) is 0.333. The first kappa shape index (κ1) is 20.0. The average Bonchev–Trinajstić information content (AvgIpc) is 3.14. The van der Waals surface area contributed by atoms with E-state index in [-0.39, 0.29) is 23.5 Å². The number of anilines is 1. The summed E-state index contributed by atoms with van der Waals surface area (Å²) in [6.07, 6.45) is 1.60. The van der Waals surface area contributed by atoms with Crippen molar-refractivity contribution in [3.8, 4) is 11.3 Å². The summed E-state index contributed by atoms with van der Waals surface area (Å²) in [7, 11) is 0. The highest BCUT2D eigenvalue weighted by Crippen LogP contribution is 2.26. The summed E-state index contributed by atoms with van der Waals surface area (Å²) >= 11 is 0. The van der Waals surface area contributed by atoms with Gasteiger partial charge in [-0.1, -0.05) is 5.16 Å². The van der Waals surface area contributed by atoms with Crippen LogP contribution in [0, 0.1) is 12.7 Å². The molecule has 0 spiro atoms. The van der Waals surface area contributed by atoms with Gasteiger partial charge in [-0.05, 0) is 56.2 Å². The van der Waals surface area contributed by atoms with Crippen LogP contribution in [0.1, 0.15) is 34.7 Å². The zero-order chi connectivity index (χ0) is 20.9. The van der Waals surface area contributed by atoms with Crippen LogP contribution in [-0.4, -0.2) is 40.5 Å². The van der Waals surface area contributed by atoms with E-state index < -0.39 is 0 Å². The van der Waals surface area contributed by atoms with Gasteiger partial charge in [-0.25, -0.2) is 4.39 Å². The number of ether oxygens (including phenoxy) is 1. The Bertz CT molecular complexity index is 998. The molecule has 0 bridgehead atoms. The minimum Gasteiger partial charge on any atom is -0.381 e. The Balaban J connectivity index is 1.39. The van der Waals surface area contributed by atoms with Crippen LogP contribution in [0.5, 0.6) is 0 Å². The lowest BCUT2D eigenvalue weighted by Crippen LogP contribution is -2.39. The van der Waals surface area contributed by atoms with Crippen LogP contribution >= 0.6 is 0 Å². The van der Waals surface area contributed by atoms with Crippen LogP contribution in [0.15, 0.2) is 40.9 Å². The summed E-state index contributed by atoms with van der Waals surface area (Å²) < 4.78 is 23.8. The number of nitrogens with one attached hydrogen (secondary N) is 2. The van der Waals surface area contributed by atoms with Gasteiger partial charge in [0.25, 0.3) is 5.91 Å². The Morgan fingerprint density at radius 3 is 2.60 bits per heavy atom. The second-order valence-electron chi connectivity index (χ2n) is 7.09. The van der Waals surface area contributed by atoms with Crippen molar-refractivity contribution in [2.24, 2.45) is 0 Å². The number of aromatic nitrogens is 3. The molecule has 0 radical (unpaired) electrons. The van der Waals surface area contributed by atoms with Gasteiger partial charge < -0.3 is 19.9 Å². The number of rotatable bonds is 6. The molecule has 0 saturated carbocycles. The van der Waals surface area contributed by atoms with Crippen molar-refractivity contribution in [1.29, 1.82) is 0 Å². The summed E-state index contributed by atoms with van der Waals surface area (Å²) in [6.45, 7) is 3.51. The van der Waals surface area contributed by atoms with Gasteiger partial charge in [-0.3, -0.25) is 4.79 Å². The van der Waals surface area contributed by atoms with Gasteiger partial charge in [0.05, 0.1) is 0 Å². The maximum absolute atomic E-state index is 13.2. The number of halogens is 1. The van der Waals surface area contributed by atoms with Gasteiger partial charge in [-0.2, -0.15) is 0 Å². The summed E-state index contributed by atoms with van der Waals surface area (Å²) in [5.74, 6) is 0.620. The summed E-state index contributed by atoms with van der Waals surface area (Å²) in [5.41, 5.74) is 2.50. The fourth-order valence-corrected chi connectivity index (χ4v) is 3.26. The molecule has 0 unspecified atom stereocenters. The lowest BCUT2D eigenvalue weighted by Gasteiger charge is -2.22. The van der Waals surface area contributed by atoms with E-state index in [1.54, 1.807) is 24.3 Å². The second kappa shape index (κ2) is 9.00. The highest BCUT2D eigenvalue weighted by Gasteiger charge is 2.18. The molecule has 2 aromatic heterocycles. The van der Waals surface area contributed by atoms with Crippen molar-refractivity contribution >= 4 is 11.7 Å². The highest BCUT2D eigenvalue weighted by atomic mass is 19.1. The molecule has 0 atom stereocenters. The maximum atomic E-state index is 13.2. The second-order valence-corrected chi connectivity index (χ2v) is 7.09. The van der Waals surface area contributed by atoms with Gasteiger partial charge in [0.15, 0.2) is 5.69 Å². The van der Waals surface area contributed by atoms with Crippen molar-refractivity contribution < 1.29 is 18.4 Å². The predicted molar refractivity (Wildman–Crippen MR) is 107 cm³/mol. The molecule has 2 N–H and O–H groups in total. The number of hydrogen-bond acceptors (Lipinski definition) is 7. The van der Waals surface area contributed by atoms with Crippen molar-refractivity contribution in [3.05, 3.63) is 59.2 Å². The van der Waals surface area contributed by atoms with Gasteiger partial charge in [0.2, 0.25) is 0 Å². The first-order valence-corrected chi connectivity index (χ1v) is 9.77. The van der Waals surface area contributed by atoms with E-state index in [9.17, 15) is 9.18 Å². The van der Waals surface area contributed by atoms with E-state index in [1.807, 2.05) is 6.92 Å². The molecule has 0 aliphatic carbocycles. The minimum absolute atomic E-state index is 0.104. The van der Waals surface area contributed by atoms with Crippen LogP contribution in [-0.2, 0) is 11.3 Å². The van der Waals surface area contributed by atoms with Crippen LogP contribution in [0.25, 0.3) is 11.3 Å². The molecule has 1 aliphatic rings. The predicted octanol–water partition coefficient (Wildman–Crippen LogP) is 3.10. The Morgan fingerprint density at radius 2 is 1.90 bits per heavy atom. The third-order valence-electron chi connectivity index (χ3n) is 5.00. The number of carbonyl (C=O) groups is 1. The molecule has 1 aromatic carbocycles. The standard InChI is InChI=1S/C21H22FN5O3/c1-13-17(20(27-30-13)14-2-4-15(22)5-3-14)12-23-19-7-6-18(25-26-19)21(28)24-16-8-10-29-11-9-16/h2-7,16H,8-12H2,1H3,(H,23,26)(H,24,28). The van der Waals surface area contributed by atoms with Gasteiger partial charge in [0.1, 0.15) is 23.1 Å². The molecule has 30 heavy (non-hydrogen) atoms. The zero-order valence-corrected chi connectivity index (χ0v) is 16.5. The highest BCUT2D eigenvalue weighted by molar-refractivity contribution is 5.92. The Kier molecular flexibility index (Phi) is 5.99. The van der Waals surface area contributed by atoms with Crippen molar-refractivity contribution in [3.63, 3.8) is 0 Å². The average molecular weight is 411 g/mol. The molecule has 3 aromatic rings. The van der Waals surface area contributed by atoms with E-state index in [2.05, 4.69) is 26.0 Å². The van der Waals surface area contributed by atoms with E-state index in [0.29, 0.717) is 37.0 Å². The Morgan fingerprint density at radius 1 is 1.13 bits per heavy atom. The first-order chi connectivity index (χ1) is 14.6. The molecule has 9 heteroatoms. The minimum atomic E-state index is -0.310. The van der Waals surface area contributed by atoms with Gasteiger partial charge >= 0.3 is 0 Å². The Hall–Kier alpha value is -3.33. The number of nitrogens with zero attached hydrogens (tertiary/aromatic N) is 3. The summed E-state index contributed by atoms with van der Waals surface area (Å²) in [6, 6.07) is 9.51. The first-order valence-electron chi connectivity index (χ1n) is 9.77. The molecule has 1 amide bonds. The monoisotopic (exact) mass is 411 g/mol. The quantitative estimate of drug-likeness (QED) is 0.643. The number of amides is 1. The van der Waals surface area contributed by atoms with Crippen molar-refractivity contribution in [2.45, 2.75) is 32.4 Å². The summed E-state index contributed by atoms with van der Waals surface area (Å²) in [5, 5.41) is 18.3. The lowest BCUT2D eigenvalue weighted by molar-refractivity contribution is 0.0693. The van der Waals surface area contributed by atoms with E-state index in [0.717, 1.165) is 24.0 Å². The molecule has 1 fully saturated rings. The molecule has 1 aliphatic heterocycles. The number of carbonyl (C=O) groups excluding carboxylic acids is 1. The van der Waals surface area contributed by atoms with Crippen LogP contribution in [0.4, 0.5) is 10.2 Å². The molecule has 4 rings (SSSR count). The third-order valence-corrected chi connectivity index (χ3v) is 5.00. The van der Waals surface area contributed by atoms with Crippen LogP contribution in [0.2, 0.25) is 0 Å². The van der Waals surface area contributed by atoms with E-state index >= 15 is 0 Å². The lowest BCUT2D eigenvalue weighted by atomic mass is 10.1. The summed E-state index contributed by atoms with van der Waals surface area (Å²) in [4.78, 5) is 12.3. The SMILES string of the molecule is Cc1onc(-c2ccc(F)cc2)c1CNc1ccc(C(=O)NC2CCOCC2)nn1. The Labute approximate surface area is 172 Å². The fourth-order valence-electron chi connectivity index (χ4n) is 3.26. The zero-order valence-electron chi connectivity index (χ0n) is 16.5. The van der Waals surface area contributed by atoms with Crippen LogP contribution < -0.4 is 10.6 Å². The van der Waals surface area contributed by atoms with E-state index in [1.165, 1.54) is 12.1 Å². The third kappa shape index (κ3) is 4.62. The van der Waals surface area contributed by atoms with Crippen LogP contribution in [0.3, 0.4) is 0 Å². The molecule has 8 nitrogen and oxygen atoms in total. The normalized spacial score (nSPS) is 14.5.